The van der Waals surface area contributed by atoms with E-state index in [9.17, 15) is 18.8 Å². The number of benzene rings is 1. The van der Waals surface area contributed by atoms with Gasteiger partial charge in [-0.25, -0.2) is 13.9 Å². The van der Waals surface area contributed by atoms with Gasteiger partial charge in [-0.3, -0.25) is 14.5 Å². The monoisotopic (exact) mass is 401 g/mol. The van der Waals surface area contributed by atoms with Crippen LogP contribution in [0.25, 0.3) is 0 Å². The Morgan fingerprint density at radius 3 is 2.59 bits per heavy atom. The molecular weight excluding hydrogens is 377 g/mol. The van der Waals surface area contributed by atoms with Gasteiger partial charge >= 0.3 is 6.03 Å². The molecule has 1 N–H and O–H groups in total. The number of carbonyl (C=O) groups excluding carboxylic acids is 3. The fraction of sp³-hybridized carbons (Fsp3) is 0.400. The van der Waals surface area contributed by atoms with Gasteiger partial charge in [0.1, 0.15) is 5.82 Å². The Morgan fingerprint density at radius 2 is 1.97 bits per heavy atom. The second kappa shape index (κ2) is 8.85. The van der Waals surface area contributed by atoms with Crippen molar-refractivity contribution in [1.29, 1.82) is 0 Å². The van der Waals surface area contributed by atoms with Crippen LogP contribution in [0.3, 0.4) is 0 Å². The van der Waals surface area contributed by atoms with Crippen molar-refractivity contribution in [3.05, 3.63) is 41.3 Å². The second-order valence-electron chi connectivity index (χ2n) is 6.80. The first kappa shape index (κ1) is 20.5. The van der Waals surface area contributed by atoms with E-state index in [1.807, 2.05) is 6.92 Å². The molecule has 0 atom stereocenters. The zero-order chi connectivity index (χ0) is 21.0. The molecule has 9 heteroatoms. The van der Waals surface area contributed by atoms with Crippen LogP contribution < -0.4 is 10.2 Å². The Balaban J connectivity index is 1.94. The summed E-state index contributed by atoms with van der Waals surface area (Å²) >= 11 is 0. The molecule has 3 rings (SSSR count). The number of fused-ring (bicyclic) bond motifs is 1. The van der Waals surface area contributed by atoms with Crippen LogP contribution in [-0.4, -0.2) is 39.6 Å². The normalized spacial score (nSPS) is 12.6. The van der Waals surface area contributed by atoms with Crippen LogP contribution >= 0.6 is 0 Å². The highest BCUT2D eigenvalue weighted by Crippen LogP contribution is 2.34. The Bertz CT molecular complexity index is 910. The van der Waals surface area contributed by atoms with Crippen LogP contribution in [-0.2, 0) is 17.9 Å². The number of carbonyl (C=O) groups is 3. The van der Waals surface area contributed by atoms with Crippen molar-refractivity contribution < 1.29 is 18.8 Å². The maximum Gasteiger partial charge on any atom is 0.318 e. The van der Waals surface area contributed by atoms with Crippen LogP contribution in [0.4, 0.5) is 20.7 Å². The molecule has 3 amide bonds. The van der Waals surface area contributed by atoms with Gasteiger partial charge in [0.05, 0.1) is 24.5 Å². The molecule has 0 bridgehead atoms. The van der Waals surface area contributed by atoms with Crippen molar-refractivity contribution in [2.45, 2.75) is 46.2 Å². The first-order chi connectivity index (χ1) is 14.0. The minimum absolute atomic E-state index is 0.224. The molecule has 0 aliphatic carbocycles. The van der Waals surface area contributed by atoms with Crippen LogP contribution in [0.15, 0.2) is 24.3 Å². The third-order valence-corrected chi connectivity index (χ3v) is 4.83. The molecule has 154 valence electrons. The molecule has 1 aliphatic heterocycles. The van der Waals surface area contributed by atoms with Crippen molar-refractivity contribution >= 4 is 29.9 Å². The fourth-order valence-corrected chi connectivity index (χ4v) is 3.24. The van der Waals surface area contributed by atoms with E-state index in [1.165, 1.54) is 33.8 Å². The van der Waals surface area contributed by atoms with E-state index in [4.69, 9.17) is 0 Å². The number of amides is 3. The van der Waals surface area contributed by atoms with Gasteiger partial charge < -0.3 is 10.2 Å². The van der Waals surface area contributed by atoms with Gasteiger partial charge in [-0.05, 0) is 30.7 Å². The van der Waals surface area contributed by atoms with Crippen molar-refractivity contribution in [3.8, 4) is 0 Å². The number of nitrogens with one attached hydrogen (secondary N) is 1. The SMILES string of the molecule is CCCCNC(=O)N1Cc2c(N(C=O)c3ccc(F)cc3)nn(C(=O)CC)c2C1. The minimum Gasteiger partial charge on any atom is -0.338 e. The van der Waals surface area contributed by atoms with E-state index < -0.39 is 5.82 Å². The van der Waals surface area contributed by atoms with Crippen molar-refractivity contribution in [1.82, 2.24) is 20.0 Å². The molecule has 8 nitrogen and oxygen atoms in total. The standard InChI is InChI=1S/C20H24FN5O3/c1-3-5-10-22-20(29)24-11-16-17(12-24)26(18(28)4-2)23-19(16)25(13-27)15-8-6-14(21)7-9-15/h6-9,13H,3-5,10-12H2,1-2H3,(H,22,29). The molecule has 0 saturated heterocycles. The Labute approximate surface area is 168 Å². The molecule has 1 aliphatic rings. The number of nitrogens with zero attached hydrogens (tertiary/aromatic N) is 4. The molecule has 0 saturated carbocycles. The van der Waals surface area contributed by atoms with Gasteiger partial charge in [0.15, 0.2) is 5.82 Å². The Hall–Kier alpha value is -3.23. The number of hydrogen-bond acceptors (Lipinski definition) is 4. The number of urea groups is 1. The Kier molecular flexibility index (Phi) is 6.26. The minimum atomic E-state index is -0.425. The van der Waals surface area contributed by atoms with Crippen molar-refractivity contribution in [3.63, 3.8) is 0 Å². The summed E-state index contributed by atoms with van der Waals surface area (Å²) in [5.74, 6) is -0.385. The maximum absolute atomic E-state index is 13.3. The topological polar surface area (TPSA) is 87.5 Å². The average molecular weight is 401 g/mol. The van der Waals surface area contributed by atoms with Crippen molar-refractivity contribution in [2.75, 3.05) is 11.4 Å². The predicted molar refractivity (Wildman–Crippen MR) is 105 cm³/mol. The molecule has 0 spiro atoms. The molecule has 29 heavy (non-hydrogen) atoms. The summed E-state index contributed by atoms with van der Waals surface area (Å²) in [7, 11) is 0. The third-order valence-electron chi connectivity index (χ3n) is 4.83. The fourth-order valence-electron chi connectivity index (χ4n) is 3.24. The lowest BCUT2D eigenvalue weighted by atomic mass is 10.2. The summed E-state index contributed by atoms with van der Waals surface area (Å²) in [6.07, 6.45) is 2.65. The van der Waals surface area contributed by atoms with Gasteiger partial charge in [0.2, 0.25) is 12.3 Å². The first-order valence-electron chi connectivity index (χ1n) is 9.67. The summed E-state index contributed by atoms with van der Waals surface area (Å²) < 4.78 is 14.5. The lowest BCUT2D eigenvalue weighted by Crippen LogP contribution is -2.37. The van der Waals surface area contributed by atoms with Crippen LogP contribution in [0.2, 0.25) is 0 Å². The van der Waals surface area contributed by atoms with Gasteiger partial charge in [0.25, 0.3) is 0 Å². The number of anilines is 2. The van der Waals surface area contributed by atoms with Gasteiger partial charge in [-0.2, -0.15) is 0 Å². The first-order valence-corrected chi connectivity index (χ1v) is 9.67. The summed E-state index contributed by atoms with van der Waals surface area (Å²) in [4.78, 5) is 39.5. The predicted octanol–water partition coefficient (Wildman–Crippen LogP) is 3.19. The molecular formula is C20H24FN5O3. The van der Waals surface area contributed by atoms with E-state index in [-0.39, 0.29) is 37.3 Å². The number of unbranched alkanes of at least 4 members (excludes halogenated alkanes) is 1. The molecule has 1 aromatic heterocycles. The summed E-state index contributed by atoms with van der Waals surface area (Å²) in [6, 6.07) is 5.18. The average Bonchev–Trinajstić information content (AvgIpc) is 3.30. The van der Waals surface area contributed by atoms with E-state index >= 15 is 0 Å². The Morgan fingerprint density at radius 1 is 1.24 bits per heavy atom. The zero-order valence-electron chi connectivity index (χ0n) is 16.5. The summed E-state index contributed by atoms with van der Waals surface area (Å²) in [6.45, 7) is 4.79. The van der Waals surface area contributed by atoms with Crippen LogP contribution in [0.1, 0.15) is 49.2 Å². The van der Waals surface area contributed by atoms with Gasteiger partial charge in [-0.15, -0.1) is 5.10 Å². The highest BCUT2D eigenvalue weighted by molar-refractivity contribution is 5.89. The largest absolute Gasteiger partial charge is 0.338 e. The van der Waals surface area contributed by atoms with Crippen LogP contribution in [0.5, 0.6) is 0 Å². The number of aromatic nitrogens is 2. The number of halogens is 1. The molecule has 1 aromatic carbocycles. The smallest absolute Gasteiger partial charge is 0.318 e. The summed E-state index contributed by atoms with van der Waals surface area (Å²) in [5, 5.41) is 7.21. The second-order valence-corrected chi connectivity index (χ2v) is 6.80. The molecule has 2 heterocycles. The molecule has 0 fully saturated rings. The van der Waals surface area contributed by atoms with E-state index in [0.717, 1.165) is 12.8 Å². The van der Waals surface area contributed by atoms with Gasteiger partial charge in [-0.1, -0.05) is 20.3 Å². The van der Waals surface area contributed by atoms with Crippen molar-refractivity contribution in [2.24, 2.45) is 0 Å². The zero-order valence-corrected chi connectivity index (χ0v) is 16.5. The maximum atomic E-state index is 13.3. The molecule has 0 unspecified atom stereocenters. The van der Waals surface area contributed by atoms with E-state index in [2.05, 4.69) is 10.4 Å². The number of hydrogen-bond donors (Lipinski definition) is 1. The number of rotatable bonds is 7. The van der Waals surface area contributed by atoms with E-state index in [1.54, 1.807) is 11.8 Å². The highest BCUT2D eigenvalue weighted by Gasteiger charge is 2.34. The lowest BCUT2D eigenvalue weighted by Gasteiger charge is -2.19. The van der Waals surface area contributed by atoms with Crippen LogP contribution in [0, 0.1) is 5.82 Å². The van der Waals surface area contributed by atoms with E-state index in [0.29, 0.717) is 29.9 Å². The third kappa shape index (κ3) is 4.13. The van der Waals surface area contributed by atoms with Gasteiger partial charge in [0, 0.05) is 18.5 Å². The molecule has 2 aromatic rings. The lowest BCUT2D eigenvalue weighted by molar-refractivity contribution is -0.106. The summed E-state index contributed by atoms with van der Waals surface area (Å²) in [5.41, 5.74) is 1.64. The molecule has 0 radical (unpaired) electrons. The quantitative estimate of drug-likeness (QED) is 0.570. The highest BCUT2D eigenvalue weighted by atomic mass is 19.1.